The molecule has 0 spiro atoms. The summed E-state index contributed by atoms with van der Waals surface area (Å²) in [4.78, 5) is 3.03. The Morgan fingerprint density at radius 3 is 2.91 bits per heavy atom. The van der Waals surface area contributed by atoms with Gasteiger partial charge in [0.15, 0.2) is 5.75 Å². The molecular weight excluding hydrogens is 162 g/mol. The lowest BCUT2D eigenvalue weighted by Crippen LogP contribution is -1.69. The van der Waals surface area contributed by atoms with Crippen LogP contribution in [-0.2, 0) is 0 Å². The van der Waals surface area contributed by atoms with Crippen molar-refractivity contribution < 1.29 is 4.29 Å². The van der Waals surface area contributed by atoms with Crippen LogP contribution < -0.4 is 4.29 Å². The molecule has 1 aromatic carbocycles. The van der Waals surface area contributed by atoms with E-state index in [1.54, 1.807) is 6.20 Å². The molecule has 0 saturated carbocycles. The van der Waals surface area contributed by atoms with Gasteiger partial charge >= 0.3 is 0 Å². The van der Waals surface area contributed by atoms with Crippen molar-refractivity contribution in [3.63, 3.8) is 0 Å². The van der Waals surface area contributed by atoms with Crippen molar-refractivity contribution >= 4 is 22.8 Å². The van der Waals surface area contributed by atoms with Gasteiger partial charge in [0.2, 0.25) is 0 Å². The molecule has 1 N–H and O–H groups in total. The van der Waals surface area contributed by atoms with Gasteiger partial charge in [0.05, 0.1) is 0 Å². The average Bonchev–Trinajstić information content (AvgIpc) is 2.47. The molecule has 0 aliphatic heterocycles. The molecule has 1 aromatic heterocycles. The van der Waals surface area contributed by atoms with Crippen molar-refractivity contribution in [1.29, 1.82) is 0 Å². The highest BCUT2D eigenvalue weighted by Gasteiger charge is 2.01. The van der Waals surface area contributed by atoms with Gasteiger partial charge in [-0.1, -0.05) is 12.1 Å². The summed E-state index contributed by atoms with van der Waals surface area (Å²) in [5.41, 5.74) is 1.03. The first-order valence-corrected chi connectivity index (χ1v) is 3.57. The number of aromatic nitrogens is 1. The van der Waals surface area contributed by atoms with Gasteiger partial charge in [-0.15, -0.1) is 0 Å². The van der Waals surface area contributed by atoms with E-state index in [1.807, 2.05) is 24.3 Å². The maximum Gasteiger partial charge on any atom is 0.171 e. The Labute approximate surface area is 68.9 Å². The SMILES string of the molecule is ClOc1c[nH]c2ccccc12. The summed E-state index contributed by atoms with van der Waals surface area (Å²) in [5.74, 6) is 0.669. The lowest BCUT2D eigenvalue weighted by Gasteiger charge is -1.90. The van der Waals surface area contributed by atoms with E-state index in [9.17, 15) is 0 Å². The number of fused-ring (bicyclic) bond motifs is 1. The molecule has 56 valence electrons. The first-order valence-electron chi connectivity index (χ1n) is 3.26. The van der Waals surface area contributed by atoms with Crippen LogP contribution in [-0.4, -0.2) is 4.98 Å². The zero-order valence-electron chi connectivity index (χ0n) is 5.67. The highest BCUT2D eigenvalue weighted by molar-refractivity contribution is 6.10. The molecule has 0 aliphatic carbocycles. The molecule has 11 heavy (non-hydrogen) atoms. The summed E-state index contributed by atoms with van der Waals surface area (Å²) in [6.45, 7) is 0. The molecule has 2 aromatic rings. The molecular formula is C8H6ClNO. The molecule has 0 aliphatic rings. The number of H-pyrrole nitrogens is 1. The van der Waals surface area contributed by atoms with Crippen molar-refractivity contribution in [2.45, 2.75) is 0 Å². The molecule has 3 heteroatoms. The second-order valence-corrected chi connectivity index (χ2v) is 2.43. The summed E-state index contributed by atoms with van der Waals surface area (Å²) < 4.78 is 4.61. The summed E-state index contributed by atoms with van der Waals surface area (Å²) in [6, 6.07) is 7.81. The number of rotatable bonds is 1. The fourth-order valence-electron chi connectivity index (χ4n) is 1.11. The topological polar surface area (TPSA) is 25.0 Å². The second-order valence-electron chi connectivity index (χ2n) is 2.28. The van der Waals surface area contributed by atoms with Crippen LogP contribution in [0.1, 0.15) is 0 Å². The summed E-state index contributed by atoms with van der Waals surface area (Å²) in [7, 11) is 0. The molecule has 2 nitrogen and oxygen atoms in total. The largest absolute Gasteiger partial charge is 0.383 e. The Kier molecular flexibility index (Phi) is 1.47. The number of benzene rings is 1. The van der Waals surface area contributed by atoms with Gasteiger partial charge in [-0.2, -0.15) is 0 Å². The van der Waals surface area contributed by atoms with E-state index in [1.165, 1.54) is 0 Å². The van der Waals surface area contributed by atoms with Crippen molar-refractivity contribution in [2.75, 3.05) is 0 Å². The monoisotopic (exact) mass is 167 g/mol. The molecule has 2 rings (SSSR count). The third kappa shape index (κ3) is 0.955. The van der Waals surface area contributed by atoms with Gasteiger partial charge in [0, 0.05) is 17.1 Å². The quantitative estimate of drug-likeness (QED) is 0.694. The molecule has 0 atom stereocenters. The first kappa shape index (κ1) is 6.55. The van der Waals surface area contributed by atoms with E-state index in [0.29, 0.717) is 5.75 Å². The van der Waals surface area contributed by atoms with Crippen molar-refractivity contribution in [3.05, 3.63) is 30.5 Å². The van der Waals surface area contributed by atoms with E-state index >= 15 is 0 Å². The zero-order valence-corrected chi connectivity index (χ0v) is 6.43. The lowest BCUT2D eigenvalue weighted by molar-refractivity contribution is 0.626. The number of hydrogen-bond donors (Lipinski definition) is 1. The summed E-state index contributed by atoms with van der Waals surface area (Å²) >= 11 is 5.23. The van der Waals surface area contributed by atoms with E-state index in [4.69, 9.17) is 11.9 Å². The Morgan fingerprint density at radius 1 is 1.27 bits per heavy atom. The van der Waals surface area contributed by atoms with Gasteiger partial charge in [-0.3, -0.25) is 0 Å². The van der Waals surface area contributed by atoms with Gasteiger partial charge in [-0.25, -0.2) is 0 Å². The number of hydrogen-bond acceptors (Lipinski definition) is 1. The Hall–Kier alpha value is -1.15. The van der Waals surface area contributed by atoms with Gasteiger partial charge in [0.25, 0.3) is 0 Å². The standard InChI is InChI=1S/C8H6ClNO/c9-11-8-5-10-7-4-2-1-3-6(7)8/h1-5,10H. The van der Waals surface area contributed by atoms with Crippen LogP contribution in [0.4, 0.5) is 0 Å². The van der Waals surface area contributed by atoms with Crippen LogP contribution in [0.3, 0.4) is 0 Å². The highest BCUT2D eigenvalue weighted by Crippen LogP contribution is 2.25. The molecule has 0 saturated heterocycles. The molecule has 0 fully saturated rings. The summed E-state index contributed by atoms with van der Waals surface area (Å²) in [6.07, 6.45) is 1.73. The minimum atomic E-state index is 0.669. The van der Waals surface area contributed by atoms with Gasteiger partial charge in [0.1, 0.15) is 11.9 Å². The fourth-order valence-corrected chi connectivity index (χ4v) is 1.24. The third-order valence-electron chi connectivity index (χ3n) is 1.63. The Bertz CT molecular complexity index is 369. The highest BCUT2D eigenvalue weighted by atomic mass is 35.5. The van der Waals surface area contributed by atoms with Crippen molar-refractivity contribution in [3.8, 4) is 5.75 Å². The Morgan fingerprint density at radius 2 is 2.09 bits per heavy atom. The van der Waals surface area contributed by atoms with Crippen molar-refractivity contribution in [1.82, 2.24) is 4.98 Å². The average molecular weight is 168 g/mol. The molecule has 0 radical (unpaired) electrons. The predicted molar refractivity (Wildman–Crippen MR) is 44.8 cm³/mol. The number of para-hydroxylation sites is 1. The minimum absolute atomic E-state index is 0.669. The smallest absolute Gasteiger partial charge is 0.171 e. The number of nitrogens with one attached hydrogen (secondary N) is 1. The normalized spacial score (nSPS) is 10.3. The maximum absolute atomic E-state index is 5.23. The lowest BCUT2D eigenvalue weighted by atomic mass is 10.2. The van der Waals surface area contributed by atoms with Crippen LogP contribution >= 0.6 is 11.9 Å². The first-order chi connectivity index (χ1) is 5.42. The van der Waals surface area contributed by atoms with E-state index < -0.39 is 0 Å². The number of aromatic amines is 1. The fraction of sp³-hybridized carbons (Fsp3) is 0. The van der Waals surface area contributed by atoms with E-state index in [0.717, 1.165) is 10.9 Å². The van der Waals surface area contributed by atoms with Gasteiger partial charge in [-0.05, 0) is 12.1 Å². The van der Waals surface area contributed by atoms with E-state index in [-0.39, 0.29) is 0 Å². The summed E-state index contributed by atoms with van der Waals surface area (Å²) in [5, 5.41) is 1.00. The predicted octanol–water partition coefficient (Wildman–Crippen LogP) is 2.70. The molecule has 0 bridgehead atoms. The van der Waals surface area contributed by atoms with E-state index in [2.05, 4.69) is 9.27 Å². The van der Waals surface area contributed by atoms with Crippen LogP contribution in [0, 0.1) is 0 Å². The van der Waals surface area contributed by atoms with Crippen LogP contribution in [0.25, 0.3) is 10.9 Å². The second kappa shape index (κ2) is 2.47. The molecule has 0 amide bonds. The van der Waals surface area contributed by atoms with Crippen LogP contribution in [0.15, 0.2) is 30.5 Å². The third-order valence-corrected chi connectivity index (χ3v) is 1.80. The molecule has 0 unspecified atom stereocenters. The zero-order chi connectivity index (χ0) is 7.68. The minimum Gasteiger partial charge on any atom is -0.383 e. The Balaban J connectivity index is 2.76. The van der Waals surface area contributed by atoms with Gasteiger partial charge < -0.3 is 9.27 Å². The molecule has 1 heterocycles. The van der Waals surface area contributed by atoms with Crippen LogP contribution in [0.5, 0.6) is 5.75 Å². The van der Waals surface area contributed by atoms with Crippen LogP contribution in [0.2, 0.25) is 0 Å². The van der Waals surface area contributed by atoms with Crippen molar-refractivity contribution in [2.24, 2.45) is 0 Å². The maximum atomic E-state index is 5.23. The number of halogens is 1.